The zero-order chi connectivity index (χ0) is 13.1. The van der Waals surface area contributed by atoms with Gasteiger partial charge in [0.05, 0.1) is 15.6 Å². The van der Waals surface area contributed by atoms with Gasteiger partial charge in [-0.1, -0.05) is 30.3 Å². The van der Waals surface area contributed by atoms with Crippen LogP contribution in [0.25, 0.3) is 10.4 Å². The number of hydrogen-bond acceptors (Lipinski definition) is 4. The third-order valence-corrected chi connectivity index (χ3v) is 4.82. The van der Waals surface area contributed by atoms with Crippen molar-refractivity contribution in [2.45, 2.75) is 25.3 Å². The monoisotopic (exact) mass is 274 g/mol. The van der Waals surface area contributed by atoms with E-state index < -0.39 is 0 Å². The Morgan fingerprint density at radius 1 is 1.21 bits per heavy atom. The average molecular weight is 274 g/mol. The third-order valence-electron chi connectivity index (χ3n) is 3.51. The molecule has 0 amide bonds. The van der Waals surface area contributed by atoms with Crippen molar-refractivity contribution in [3.8, 4) is 10.4 Å². The molecule has 1 aliphatic rings. The van der Waals surface area contributed by atoms with Crippen LogP contribution in [0.15, 0.2) is 30.3 Å². The minimum Gasteiger partial charge on any atom is -0.381 e. The average Bonchev–Trinajstić information content (AvgIpc) is 2.93. The van der Waals surface area contributed by atoms with Gasteiger partial charge >= 0.3 is 0 Å². The Kier molecular flexibility index (Phi) is 3.92. The highest BCUT2D eigenvalue weighted by molar-refractivity contribution is 7.15. The number of thiazole rings is 1. The van der Waals surface area contributed by atoms with E-state index in [4.69, 9.17) is 15.5 Å². The molecule has 0 saturated carbocycles. The van der Waals surface area contributed by atoms with Gasteiger partial charge in [0.2, 0.25) is 0 Å². The maximum Gasteiger partial charge on any atom is 0.0967 e. The largest absolute Gasteiger partial charge is 0.381 e. The molecule has 1 aromatic heterocycles. The van der Waals surface area contributed by atoms with Crippen LogP contribution >= 0.6 is 11.3 Å². The zero-order valence-electron chi connectivity index (χ0n) is 10.8. The SMILES string of the molecule is NCc1nc(C2CCOCC2)sc1-c1ccccc1. The molecule has 0 radical (unpaired) electrons. The van der Waals surface area contributed by atoms with Crippen molar-refractivity contribution < 1.29 is 4.74 Å². The van der Waals surface area contributed by atoms with Crippen molar-refractivity contribution in [3.05, 3.63) is 41.0 Å². The first-order valence-electron chi connectivity index (χ1n) is 6.71. The first-order valence-corrected chi connectivity index (χ1v) is 7.53. The summed E-state index contributed by atoms with van der Waals surface area (Å²) in [7, 11) is 0. The predicted octanol–water partition coefficient (Wildman–Crippen LogP) is 3.16. The Bertz CT molecular complexity index is 532. The summed E-state index contributed by atoms with van der Waals surface area (Å²) < 4.78 is 5.42. The number of rotatable bonds is 3. The molecule has 1 fully saturated rings. The number of nitrogens with two attached hydrogens (primary N) is 1. The van der Waals surface area contributed by atoms with E-state index >= 15 is 0 Å². The van der Waals surface area contributed by atoms with Gasteiger partial charge in [-0.15, -0.1) is 11.3 Å². The molecule has 2 N–H and O–H groups in total. The van der Waals surface area contributed by atoms with Crippen molar-refractivity contribution in [3.63, 3.8) is 0 Å². The van der Waals surface area contributed by atoms with Crippen LogP contribution in [0.2, 0.25) is 0 Å². The molecule has 0 spiro atoms. The van der Waals surface area contributed by atoms with Gasteiger partial charge in [0.1, 0.15) is 0 Å². The van der Waals surface area contributed by atoms with Gasteiger partial charge in [-0.2, -0.15) is 0 Å². The van der Waals surface area contributed by atoms with Crippen LogP contribution in [-0.4, -0.2) is 18.2 Å². The van der Waals surface area contributed by atoms with Crippen molar-refractivity contribution in [1.29, 1.82) is 0 Å². The molecule has 0 aliphatic carbocycles. The molecular weight excluding hydrogens is 256 g/mol. The minimum absolute atomic E-state index is 0.504. The Balaban J connectivity index is 1.94. The van der Waals surface area contributed by atoms with E-state index in [1.54, 1.807) is 11.3 Å². The topological polar surface area (TPSA) is 48.1 Å². The maximum absolute atomic E-state index is 5.85. The highest BCUT2D eigenvalue weighted by atomic mass is 32.1. The normalized spacial score (nSPS) is 16.7. The summed E-state index contributed by atoms with van der Waals surface area (Å²) in [5.74, 6) is 0.543. The standard InChI is InChI=1S/C15H18N2OS/c16-10-13-14(11-4-2-1-3-5-11)19-15(17-13)12-6-8-18-9-7-12/h1-5,12H,6-10,16H2. The van der Waals surface area contributed by atoms with E-state index in [0.717, 1.165) is 31.7 Å². The van der Waals surface area contributed by atoms with E-state index in [-0.39, 0.29) is 0 Å². The Labute approximate surface area is 117 Å². The summed E-state index contributed by atoms with van der Waals surface area (Å²) >= 11 is 1.80. The lowest BCUT2D eigenvalue weighted by Gasteiger charge is -2.19. The third kappa shape index (κ3) is 2.71. The fourth-order valence-corrected chi connectivity index (χ4v) is 3.71. The molecule has 3 nitrogen and oxygen atoms in total. The van der Waals surface area contributed by atoms with Crippen LogP contribution in [0, 0.1) is 0 Å². The molecule has 3 rings (SSSR count). The second kappa shape index (κ2) is 5.82. The smallest absolute Gasteiger partial charge is 0.0967 e. The summed E-state index contributed by atoms with van der Waals surface area (Å²) in [4.78, 5) is 5.99. The summed E-state index contributed by atoms with van der Waals surface area (Å²) in [6.45, 7) is 2.20. The van der Waals surface area contributed by atoms with Crippen LogP contribution in [-0.2, 0) is 11.3 Å². The molecule has 1 aliphatic heterocycles. The number of aromatic nitrogens is 1. The molecule has 1 saturated heterocycles. The molecule has 19 heavy (non-hydrogen) atoms. The number of ether oxygens (including phenoxy) is 1. The summed E-state index contributed by atoms with van der Waals surface area (Å²) in [5.41, 5.74) is 8.10. The van der Waals surface area contributed by atoms with Crippen LogP contribution in [0.1, 0.15) is 29.5 Å². The summed E-state index contributed by atoms with van der Waals surface area (Å²) in [6, 6.07) is 10.4. The lowest BCUT2D eigenvalue weighted by molar-refractivity contribution is 0.0852. The quantitative estimate of drug-likeness (QED) is 0.935. The summed E-state index contributed by atoms with van der Waals surface area (Å²) in [6.07, 6.45) is 2.15. The molecule has 0 atom stereocenters. The molecule has 4 heteroatoms. The summed E-state index contributed by atoms with van der Waals surface area (Å²) in [5, 5.41) is 1.22. The first-order chi connectivity index (χ1) is 9.38. The molecule has 0 bridgehead atoms. The lowest BCUT2D eigenvalue weighted by atomic mass is 10.0. The fraction of sp³-hybridized carbons (Fsp3) is 0.400. The number of hydrogen-bond donors (Lipinski definition) is 1. The van der Waals surface area contributed by atoms with Gasteiger partial charge in [-0.25, -0.2) is 4.98 Å². The van der Waals surface area contributed by atoms with Crippen LogP contribution in [0.4, 0.5) is 0 Å². The van der Waals surface area contributed by atoms with Crippen molar-refractivity contribution in [1.82, 2.24) is 4.98 Å². The van der Waals surface area contributed by atoms with Crippen molar-refractivity contribution in [2.75, 3.05) is 13.2 Å². The molecular formula is C15H18N2OS. The van der Waals surface area contributed by atoms with Gasteiger partial charge in [-0.05, 0) is 18.4 Å². The van der Waals surface area contributed by atoms with Gasteiger partial charge in [0.15, 0.2) is 0 Å². The van der Waals surface area contributed by atoms with E-state index in [1.807, 2.05) is 6.07 Å². The van der Waals surface area contributed by atoms with Crippen molar-refractivity contribution >= 4 is 11.3 Å². The highest BCUT2D eigenvalue weighted by Gasteiger charge is 2.21. The Morgan fingerprint density at radius 2 is 1.95 bits per heavy atom. The lowest BCUT2D eigenvalue weighted by Crippen LogP contribution is -2.14. The Morgan fingerprint density at radius 3 is 2.63 bits per heavy atom. The van der Waals surface area contributed by atoms with Crippen LogP contribution in [0.3, 0.4) is 0 Å². The number of nitrogens with zero attached hydrogens (tertiary/aromatic N) is 1. The van der Waals surface area contributed by atoms with Crippen LogP contribution in [0.5, 0.6) is 0 Å². The number of benzene rings is 1. The van der Waals surface area contributed by atoms with Gasteiger partial charge in [-0.3, -0.25) is 0 Å². The van der Waals surface area contributed by atoms with E-state index in [0.29, 0.717) is 12.5 Å². The Hall–Kier alpha value is -1.23. The maximum atomic E-state index is 5.85. The second-order valence-electron chi connectivity index (χ2n) is 4.78. The van der Waals surface area contributed by atoms with Gasteiger partial charge in [0, 0.05) is 25.7 Å². The van der Waals surface area contributed by atoms with E-state index in [2.05, 4.69) is 24.3 Å². The fourth-order valence-electron chi connectivity index (χ4n) is 2.44. The van der Waals surface area contributed by atoms with Crippen LogP contribution < -0.4 is 5.73 Å². The zero-order valence-corrected chi connectivity index (χ0v) is 11.7. The van der Waals surface area contributed by atoms with Gasteiger partial charge < -0.3 is 10.5 Å². The van der Waals surface area contributed by atoms with E-state index in [1.165, 1.54) is 15.4 Å². The second-order valence-corrected chi connectivity index (χ2v) is 5.82. The molecule has 1 aromatic carbocycles. The first kappa shape index (κ1) is 12.8. The molecule has 0 unspecified atom stereocenters. The highest BCUT2D eigenvalue weighted by Crippen LogP contribution is 2.36. The van der Waals surface area contributed by atoms with E-state index in [9.17, 15) is 0 Å². The van der Waals surface area contributed by atoms with Gasteiger partial charge in [0.25, 0.3) is 0 Å². The minimum atomic E-state index is 0.504. The molecule has 2 heterocycles. The van der Waals surface area contributed by atoms with Crippen molar-refractivity contribution in [2.24, 2.45) is 5.73 Å². The predicted molar refractivity (Wildman–Crippen MR) is 78.2 cm³/mol. The molecule has 100 valence electrons. The molecule has 2 aromatic rings.